The third-order valence-corrected chi connectivity index (χ3v) is 7.30. The van der Waals surface area contributed by atoms with Crippen LogP contribution in [0.1, 0.15) is 48.7 Å². The van der Waals surface area contributed by atoms with E-state index in [0.717, 1.165) is 9.87 Å². The first-order chi connectivity index (χ1) is 14.6. The van der Waals surface area contributed by atoms with Crippen LogP contribution >= 0.6 is 0 Å². The molecule has 0 bridgehead atoms. The molecule has 1 N–H and O–H groups in total. The monoisotopic (exact) mass is 444 g/mol. The number of benzene rings is 2. The van der Waals surface area contributed by atoms with E-state index in [1.165, 1.54) is 12.1 Å². The molecule has 2 amide bonds. The van der Waals surface area contributed by atoms with Crippen LogP contribution in [0, 0.1) is 0 Å². The van der Waals surface area contributed by atoms with Crippen LogP contribution in [-0.2, 0) is 14.8 Å². The normalized spacial score (nSPS) is 20.4. The van der Waals surface area contributed by atoms with Crippen molar-refractivity contribution in [1.29, 1.82) is 0 Å². The van der Waals surface area contributed by atoms with Crippen molar-refractivity contribution in [3.8, 4) is 11.5 Å². The Morgan fingerprint density at radius 2 is 2.00 bits per heavy atom. The van der Waals surface area contributed by atoms with E-state index < -0.39 is 21.5 Å². The molecule has 0 aliphatic carbocycles. The molecule has 0 aromatic heterocycles. The van der Waals surface area contributed by atoms with E-state index in [9.17, 15) is 18.0 Å². The molecule has 2 heterocycles. The van der Waals surface area contributed by atoms with E-state index in [2.05, 4.69) is 5.32 Å². The number of fused-ring (bicyclic) bond motifs is 2. The molecule has 9 heteroatoms. The predicted molar refractivity (Wildman–Crippen MR) is 112 cm³/mol. The lowest BCUT2D eigenvalue weighted by atomic mass is 9.89. The fraction of sp³-hybridized carbons (Fsp3) is 0.364. The van der Waals surface area contributed by atoms with Crippen LogP contribution in [0.4, 0.5) is 0 Å². The van der Waals surface area contributed by atoms with Crippen LogP contribution < -0.4 is 14.8 Å². The molecule has 164 valence electrons. The fourth-order valence-electron chi connectivity index (χ4n) is 4.01. The highest BCUT2D eigenvalue weighted by molar-refractivity contribution is 7.90. The van der Waals surface area contributed by atoms with Gasteiger partial charge in [0.25, 0.3) is 15.9 Å². The molecule has 0 saturated heterocycles. The highest BCUT2D eigenvalue weighted by Gasteiger charge is 2.41. The zero-order valence-electron chi connectivity index (χ0n) is 17.5. The Labute approximate surface area is 181 Å². The number of nitrogens with zero attached hydrogens (tertiary/aromatic N) is 1. The van der Waals surface area contributed by atoms with Gasteiger partial charge in [-0.25, -0.2) is 12.7 Å². The van der Waals surface area contributed by atoms with Gasteiger partial charge in [-0.1, -0.05) is 12.1 Å². The lowest BCUT2D eigenvalue weighted by Gasteiger charge is -2.38. The summed E-state index contributed by atoms with van der Waals surface area (Å²) in [6.07, 6.45) is 0.390. The summed E-state index contributed by atoms with van der Waals surface area (Å²) in [4.78, 5) is 25.2. The average molecular weight is 445 g/mol. The van der Waals surface area contributed by atoms with Crippen LogP contribution in [-0.4, -0.2) is 43.8 Å². The van der Waals surface area contributed by atoms with Crippen molar-refractivity contribution in [2.75, 3.05) is 13.7 Å². The maximum atomic E-state index is 12.7. The highest BCUT2D eigenvalue weighted by atomic mass is 32.2. The van der Waals surface area contributed by atoms with Crippen molar-refractivity contribution < 1.29 is 27.5 Å². The third kappa shape index (κ3) is 3.85. The zero-order valence-corrected chi connectivity index (χ0v) is 18.4. The van der Waals surface area contributed by atoms with Gasteiger partial charge in [-0.05, 0) is 44.2 Å². The average Bonchev–Trinajstić information content (AvgIpc) is 2.91. The number of carbonyl (C=O) groups is 2. The summed E-state index contributed by atoms with van der Waals surface area (Å²) in [5.41, 5.74) is 0.439. The van der Waals surface area contributed by atoms with Crippen LogP contribution in [0.5, 0.6) is 11.5 Å². The Bertz CT molecular complexity index is 1160. The van der Waals surface area contributed by atoms with Gasteiger partial charge in [0.15, 0.2) is 0 Å². The van der Waals surface area contributed by atoms with Gasteiger partial charge in [0.1, 0.15) is 22.0 Å². The minimum atomic E-state index is -3.93. The molecular weight excluding hydrogens is 420 g/mol. The highest BCUT2D eigenvalue weighted by Crippen LogP contribution is 2.41. The van der Waals surface area contributed by atoms with E-state index in [1.54, 1.807) is 31.4 Å². The smallest absolute Gasteiger partial charge is 0.269 e. The SMILES string of the molecule is COc1ccc2c(c1)[C@@H](NC(=O)CCN1C(=O)c3ccccc3S1(=O)=O)CC(C)(C)O2. The van der Waals surface area contributed by atoms with E-state index in [4.69, 9.17) is 9.47 Å². The fourth-order valence-corrected chi connectivity index (χ4v) is 5.58. The van der Waals surface area contributed by atoms with Crippen molar-refractivity contribution in [3.05, 3.63) is 53.6 Å². The first kappa shape index (κ1) is 21.2. The lowest BCUT2D eigenvalue weighted by Crippen LogP contribution is -2.42. The van der Waals surface area contributed by atoms with E-state index in [1.807, 2.05) is 19.9 Å². The van der Waals surface area contributed by atoms with E-state index in [0.29, 0.717) is 17.9 Å². The van der Waals surface area contributed by atoms with E-state index >= 15 is 0 Å². The number of amides is 2. The minimum Gasteiger partial charge on any atom is -0.497 e. The second-order valence-electron chi connectivity index (χ2n) is 8.22. The summed E-state index contributed by atoms with van der Waals surface area (Å²) < 4.78 is 37.4. The molecule has 31 heavy (non-hydrogen) atoms. The zero-order chi connectivity index (χ0) is 22.4. The number of sulfonamides is 1. The Kier molecular flexibility index (Phi) is 5.17. The van der Waals surface area contributed by atoms with Gasteiger partial charge in [-0.15, -0.1) is 0 Å². The molecule has 0 fully saturated rings. The van der Waals surface area contributed by atoms with Gasteiger partial charge in [0, 0.05) is 24.9 Å². The number of rotatable bonds is 5. The molecule has 2 aliphatic heterocycles. The van der Waals surface area contributed by atoms with E-state index in [-0.39, 0.29) is 35.4 Å². The molecule has 0 saturated carbocycles. The minimum absolute atomic E-state index is 0.0207. The number of hydrogen-bond acceptors (Lipinski definition) is 6. The Balaban J connectivity index is 1.48. The molecule has 0 radical (unpaired) electrons. The van der Waals surface area contributed by atoms with Gasteiger partial charge >= 0.3 is 0 Å². The molecule has 0 spiro atoms. The van der Waals surface area contributed by atoms with Gasteiger partial charge in [-0.3, -0.25) is 9.59 Å². The summed E-state index contributed by atoms with van der Waals surface area (Å²) in [6, 6.07) is 11.1. The van der Waals surface area contributed by atoms with Crippen molar-refractivity contribution in [2.24, 2.45) is 0 Å². The number of nitrogens with one attached hydrogen (secondary N) is 1. The molecule has 4 rings (SSSR count). The second-order valence-corrected chi connectivity index (χ2v) is 10.0. The molecule has 2 aromatic carbocycles. The summed E-state index contributed by atoms with van der Waals surface area (Å²) in [5.74, 6) is 0.351. The Morgan fingerprint density at radius 3 is 2.71 bits per heavy atom. The summed E-state index contributed by atoms with van der Waals surface area (Å²) in [7, 11) is -2.37. The van der Waals surface area contributed by atoms with Gasteiger partial charge < -0.3 is 14.8 Å². The van der Waals surface area contributed by atoms with Crippen LogP contribution in [0.25, 0.3) is 0 Å². The summed E-state index contributed by atoms with van der Waals surface area (Å²) in [6.45, 7) is 3.65. The standard InChI is InChI=1S/C22H24N2O6S/c1-22(2)13-17(16-12-14(29-3)8-9-18(16)30-22)23-20(25)10-11-24-21(26)15-6-4-5-7-19(15)31(24,27)28/h4-9,12,17H,10-11,13H2,1-3H3,(H,23,25)/t17-/m0/s1. The quantitative estimate of drug-likeness (QED) is 0.761. The first-order valence-corrected chi connectivity index (χ1v) is 11.4. The first-order valence-electron chi connectivity index (χ1n) is 9.95. The van der Waals surface area contributed by atoms with Gasteiger partial charge in [0.05, 0.1) is 18.7 Å². The van der Waals surface area contributed by atoms with Crippen molar-refractivity contribution >= 4 is 21.8 Å². The maximum absolute atomic E-state index is 12.7. The summed E-state index contributed by atoms with van der Waals surface area (Å²) in [5, 5.41) is 2.96. The molecule has 8 nitrogen and oxygen atoms in total. The molecule has 1 atom stereocenters. The Hall–Kier alpha value is -3.07. The lowest BCUT2D eigenvalue weighted by molar-refractivity contribution is -0.122. The van der Waals surface area contributed by atoms with Crippen LogP contribution in [0.2, 0.25) is 0 Å². The number of methoxy groups -OCH3 is 1. The van der Waals surface area contributed by atoms with Crippen molar-refractivity contribution in [3.63, 3.8) is 0 Å². The molecular formula is C22H24N2O6S. The van der Waals surface area contributed by atoms with Crippen LogP contribution in [0.15, 0.2) is 47.4 Å². The number of carbonyl (C=O) groups excluding carboxylic acids is 2. The predicted octanol–water partition coefficient (Wildman–Crippen LogP) is 2.65. The third-order valence-electron chi connectivity index (χ3n) is 5.46. The molecule has 2 aromatic rings. The summed E-state index contributed by atoms with van der Waals surface area (Å²) >= 11 is 0. The number of hydrogen-bond donors (Lipinski definition) is 1. The maximum Gasteiger partial charge on any atom is 0.269 e. The van der Waals surface area contributed by atoms with Gasteiger partial charge in [0.2, 0.25) is 5.91 Å². The molecule has 2 aliphatic rings. The Morgan fingerprint density at radius 1 is 1.26 bits per heavy atom. The molecule has 0 unspecified atom stereocenters. The number of ether oxygens (including phenoxy) is 2. The van der Waals surface area contributed by atoms with Crippen molar-refractivity contribution in [1.82, 2.24) is 9.62 Å². The van der Waals surface area contributed by atoms with Crippen molar-refractivity contribution in [2.45, 2.75) is 43.2 Å². The topological polar surface area (TPSA) is 102 Å². The second kappa shape index (κ2) is 7.56. The largest absolute Gasteiger partial charge is 0.497 e. The van der Waals surface area contributed by atoms with Crippen LogP contribution in [0.3, 0.4) is 0 Å². The van der Waals surface area contributed by atoms with Gasteiger partial charge in [-0.2, -0.15) is 0 Å².